The maximum absolute atomic E-state index is 5.95. The van der Waals surface area contributed by atoms with Gasteiger partial charge < -0.3 is 5.73 Å². The molecule has 2 N–H and O–H groups in total. The van der Waals surface area contributed by atoms with E-state index in [1.807, 2.05) is 42.2 Å². The quantitative estimate of drug-likeness (QED) is 0.541. The number of aromatic nitrogens is 3. The number of nitrogens with zero attached hydrogens (tertiary/aromatic N) is 3. The Labute approximate surface area is 121 Å². The van der Waals surface area contributed by atoms with E-state index in [-0.39, 0.29) is 0 Å². The molecule has 0 bridgehead atoms. The smallest absolute Gasteiger partial charge is 0.137 e. The molecule has 0 aliphatic carbocycles. The zero-order valence-corrected chi connectivity index (χ0v) is 11.6. The summed E-state index contributed by atoms with van der Waals surface area (Å²) >= 11 is 0. The van der Waals surface area contributed by atoms with Crippen LogP contribution in [0.3, 0.4) is 0 Å². The Morgan fingerprint density at radius 1 is 1.00 bits per heavy atom. The third-order valence-corrected chi connectivity index (χ3v) is 3.83. The SMILES string of the molecule is Cc1cc2cc(-n3ccc4ccncc43)ncc2cc1N. The van der Waals surface area contributed by atoms with E-state index in [0.717, 1.165) is 38.7 Å². The Morgan fingerprint density at radius 3 is 2.81 bits per heavy atom. The highest BCUT2D eigenvalue weighted by molar-refractivity contribution is 5.88. The zero-order valence-electron chi connectivity index (χ0n) is 11.6. The van der Waals surface area contributed by atoms with Gasteiger partial charge in [0.05, 0.1) is 11.7 Å². The maximum atomic E-state index is 5.95. The van der Waals surface area contributed by atoms with Crippen molar-refractivity contribution in [1.29, 1.82) is 0 Å². The predicted molar refractivity (Wildman–Crippen MR) is 85.5 cm³/mol. The van der Waals surface area contributed by atoms with Gasteiger partial charge in [-0.2, -0.15) is 0 Å². The Hall–Kier alpha value is -2.88. The largest absolute Gasteiger partial charge is 0.398 e. The number of hydrogen-bond donors (Lipinski definition) is 1. The molecule has 4 aromatic rings. The fraction of sp³-hybridized carbons (Fsp3) is 0.0588. The second-order valence-corrected chi connectivity index (χ2v) is 5.22. The van der Waals surface area contributed by atoms with Crippen LogP contribution < -0.4 is 5.73 Å². The van der Waals surface area contributed by atoms with Crippen molar-refractivity contribution in [2.45, 2.75) is 6.92 Å². The summed E-state index contributed by atoms with van der Waals surface area (Å²) in [6.45, 7) is 2.02. The van der Waals surface area contributed by atoms with Crippen molar-refractivity contribution in [3.05, 3.63) is 60.7 Å². The standard InChI is InChI=1S/C17H14N4/c1-11-6-13-8-17(20-9-14(13)7-15(11)18)21-5-3-12-2-4-19-10-16(12)21/h2-10H,18H2,1H3. The number of nitrogen functional groups attached to an aromatic ring is 1. The molecule has 0 atom stereocenters. The molecule has 4 nitrogen and oxygen atoms in total. The first-order chi connectivity index (χ1) is 10.2. The summed E-state index contributed by atoms with van der Waals surface area (Å²) in [7, 11) is 0. The van der Waals surface area contributed by atoms with Crippen molar-refractivity contribution < 1.29 is 0 Å². The highest BCUT2D eigenvalue weighted by Gasteiger charge is 2.06. The minimum absolute atomic E-state index is 0.799. The number of pyridine rings is 2. The van der Waals surface area contributed by atoms with Gasteiger partial charge in [0.15, 0.2) is 0 Å². The molecule has 3 heterocycles. The molecule has 0 aliphatic rings. The van der Waals surface area contributed by atoms with Crippen molar-refractivity contribution in [3.8, 4) is 5.82 Å². The van der Waals surface area contributed by atoms with Gasteiger partial charge in [0, 0.05) is 35.1 Å². The van der Waals surface area contributed by atoms with Gasteiger partial charge in [-0.3, -0.25) is 9.55 Å². The van der Waals surface area contributed by atoms with E-state index in [9.17, 15) is 0 Å². The number of nitrogens with two attached hydrogens (primary N) is 1. The fourth-order valence-corrected chi connectivity index (χ4v) is 2.62. The lowest BCUT2D eigenvalue weighted by Gasteiger charge is -2.08. The third-order valence-electron chi connectivity index (χ3n) is 3.83. The van der Waals surface area contributed by atoms with Crippen molar-refractivity contribution >= 4 is 27.4 Å². The monoisotopic (exact) mass is 274 g/mol. The van der Waals surface area contributed by atoms with Gasteiger partial charge in [-0.1, -0.05) is 0 Å². The van der Waals surface area contributed by atoms with Crippen LogP contribution in [0, 0.1) is 6.92 Å². The van der Waals surface area contributed by atoms with E-state index in [2.05, 4.69) is 28.2 Å². The Bertz CT molecular complexity index is 969. The number of benzene rings is 1. The van der Waals surface area contributed by atoms with Crippen molar-refractivity contribution in [3.63, 3.8) is 0 Å². The van der Waals surface area contributed by atoms with Crippen molar-refractivity contribution in [1.82, 2.24) is 14.5 Å². The maximum Gasteiger partial charge on any atom is 0.137 e. The molecular weight excluding hydrogens is 260 g/mol. The van der Waals surface area contributed by atoms with Crippen LogP contribution in [0.1, 0.15) is 5.56 Å². The van der Waals surface area contributed by atoms with Crippen LogP contribution in [0.4, 0.5) is 5.69 Å². The summed E-state index contributed by atoms with van der Waals surface area (Å²) in [5.74, 6) is 0.884. The van der Waals surface area contributed by atoms with Crippen LogP contribution in [0.15, 0.2) is 55.1 Å². The number of rotatable bonds is 1. The summed E-state index contributed by atoms with van der Waals surface area (Å²) in [6.07, 6.45) is 7.54. The minimum Gasteiger partial charge on any atom is -0.398 e. The van der Waals surface area contributed by atoms with Gasteiger partial charge in [-0.15, -0.1) is 0 Å². The van der Waals surface area contributed by atoms with E-state index < -0.39 is 0 Å². The lowest BCUT2D eigenvalue weighted by Crippen LogP contribution is -1.96. The van der Waals surface area contributed by atoms with Crippen LogP contribution in [0.5, 0.6) is 0 Å². The van der Waals surface area contributed by atoms with Gasteiger partial charge >= 0.3 is 0 Å². The van der Waals surface area contributed by atoms with Crippen LogP contribution in [-0.4, -0.2) is 14.5 Å². The first-order valence-corrected chi connectivity index (χ1v) is 6.80. The predicted octanol–water partition coefficient (Wildman–Crippen LogP) is 3.46. The van der Waals surface area contributed by atoms with E-state index in [4.69, 9.17) is 5.73 Å². The number of aryl methyl sites for hydroxylation is 1. The van der Waals surface area contributed by atoms with Crippen LogP contribution in [-0.2, 0) is 0 Å². The molecule has 0 radical (unpaired) electrons. The van der Waals surface area contributed by atoms with Crippen LogP contribution in [0.25, 0.3) is 27.5 Å². The fourth-order valence-electron chi connectivity index (χ4n) is 2.62. The molecule has 4 rings (SSSR count). The number of hydrogen-bond acceptors (Lipinski definition) is 3. The highest BCUT2D eigenvalue weighted by Crippen LogP contribution is 2.24. The molecule has 4 heteroatoms. The number of anilines is 1. The third kappa shape index (κ3) is 1.84. The lowest BCUT2D eigenvalue weighted by atomic mass is 10.1. The molecular formula is C17H14N4. The molecule has 0 aliphatic heterocycles. The molecule has 1 aromatic carbocycles. The van der Waals surface area contributed by atoms with Gasteiger partial charge in [0.25, 0.3) is 0 Å². The molecule has 0 spiro atoms. The normalized spacial score (nSPS) is 11.3. The molecule has 0 amide bonds. The molecule has 0 saturated carbocycles. The Morgan fingerprint density at radius 2 is 1.90 bits per heavy atom. The van der Waals surface area contributed by atoms with E-state index in [1.54, 1.807) is 6.20 Å². The van der Waals surface area contributed by atoms with Gasteiger partial charge in [0.1, 0.15) is 5.82 Å². The second kappa shape index (κ2) is 4.31. The summed E-state index contributed by atoms with van der Waals surface area (Å²) in [4.78, 5) is 8.74. The summed E-state index contributed by atoms with van der Waals surface area (Å²) in [6, 6.07) is 10.2. The van der Waals surface area contributed by atoms with Gasteiger partial charge in [-0.25, -0.2) is 4.98 Å². The molecule has 0 fully saturated rings. The minimum atomic E-state index is 0.799. The van der Waals surface area contributed by atoms with Crippen LogP contribution in [0.2, 0.25) is 0 Å². The Kier molecular flexibility index (Phi) is 2.44. The van der Waals surface area contributed by atoms with Gasteiger partial charge in [0.2, 0.25) is 0 Å². The second-order valence-electron chi connectivity index (χ2n) is 5.22. The Balaban J connectivity index is 1.96. The topological polar surface area (TPSA) is 56.7 Å². The molecule has 102 valence electrons. The van der Waals surface area contributed by atoms with E-state index in [1.165, 1.54) is 0 Å². The summed E-state index contributed by atoms with van der Waals surface area (Å²) in [5.41, 5.74) is 8.88. The zero-order chi connectivity index (χ0) is 14.4. The van der Waals surface area contributed by atoms with Crippen molar-refractivity contribution in [2.24, 2.45) is 0 Å². The van der Waals surface area contributed by atoms with Gasteiger partial charge in [-0.05, 0) is 48.2 Å². The van der Waals surface area contributed by atoms with E-state index in [0.29, 0.717) is 0 Å². The summed E-state index contributed by atoms with van der Waals surface area (Å²) in [5, 5.41) is 3.34. The lowest BCUT2D eigenvalue weighted by molar-refractivity contribution is 1.05. The number of fused-ring (bicyclic) bond motifs is 2. The highest BCUT2D eigenvalue weighted by atomic mass is 15.1. The molecule has 21 heavy (non-hydrogen) atoms. The average Bonchev–Trinajstić information content (AvgIpc) is 2.92. The first kappa shape index (κ1) is 11.9. The average molecular weight is 274 g/mol. The molecule has 3 aromatic heterocycles. The molecule has 0 saturated heterocycles. The van der Waals surface area contributed by atoms with E-state index >= 15 is 0 Å². The van der Waals surface area contributed by atoms with Crippen molar-refractivity contribution in [2.75, 3.05) is 5.73 Å². The first-order valence-electron chi connectivity index (χ1n) is 6.80. The van der Waals surface area contributed by atoms with Crippen LogP contribution >= 0.6 is 0 Å². The molecule has 0 unspecified atom stereocenters. The summed E-state index contributed by atoms with van der Waals surface area (Å²) < 4.78 is 2.05.